The van der Waals surface area contributed by atoms with Crippen molar-refractivity contribution < 1.29 is 9.53 Å². The Bertz CT molecular complexity index is 846. The first kappa shape index (κ1) is 13.5. The van der Waals surface area contributed by atoms with Gasteiger partial charge in [0.15, 0.2) is 17.1 Å². The summed E-state index contributed by atoms with van der Waals surface area (Å²) in [6, 6.07) is 5.23. The van der Waals surface area contributed by atoms with Crippen LogP contribution >= 0.6 is 15.9 Å². The molecule has 0 unspecified atom stereocenters. The van der Waals surface area contributed by atoms with E-state index in [0.717, 1.165) is 5.39 Å². The molecule has 106 valence electrons. The number of nitrogens with zero attached hydrogens (tertiary/aromatic N) is 4. The standard InChI is InChI=1S/C13H10BrN5O2/c1-19-12-8(3-2-4-16-12)13(18-19)21-9-5-7(14)6-17-10(9)11(15)20/h2-6H,1H3,(H2,15,20). The van der Waals surface area contributed by atoms with Crippen molar-refractivity contribution in [1.29, 1.82) is 0 Å². The van der Waals surface area contributed by atoms with E-state index in [1.54, 1.807) is 30.1 Å². The number of pyridine rings is 2. The quantitative estimate of drug-likeness (QED) is 0.781. The van der Waals surface area contributed by atoms with Gasteiger partial charge >= 0.3 is 0 Å². The van der Waals surface area contributed by atoms with Gasteiger partial charge in [-0.1, -0.05) is 0 Å². The monoisotopic (exact) mass is 347 g/mol. The Morgan fingerprint density at radius 2 is 2.24 bits per heavy atom. The maximum Gasteiger partial charge on any atom is 0.271 e. The fraction of sp³-hybridized carbons (Fsp3) is 0.0769. The van der Waals surface area contributed by atoms with E-state index in [1.165, 1.54) is 6.20 Å². The molecule has 0 aliphatic heterocycles. The second-order valence-electron chi connectivity index (χ2n) is 4.27. The molecule has 3 heterocycles. The zero-order valence-corrected chi connectivity index (χ0v) is 12.5. The molecule has 8 heteroatoms. The third kappa shape index (κ3) is 2.45. The van der Waals surface area contributed by atoms with Gasteiger partial charge in [-0.25, -0.2) is 14.6 Å². The Hall–Kier alpha value is -2.48. The van der Waals surface area contributed by atoms with Gasteiger partial charge in [-0.05, 0) is 34.1 Å². The van der Waals surface area contributed by atoms with Crippen LogP contribution in [0.15, 0.2) is 35.1 Å². The van der Waals surface area contributed by atoms with E-state index in [1.807, 2.05) is 6.07 Å². The number of primary amides is 1. The van der Waals surface area contributed by atoms with Gasteiger partial charge in [0.05, 0.1) is 5.39 Å². The number of hydrogen-bond acceptors (Lipinski definition) is 5. The molecule has 0 bridgehead atoms. The van der Waals surface area contributed by atoms with Gasteiger partial charge in [-0.15, -0.1) is 5.10 Å². The van der Waals surface area contributed by atoms with E-state index in [4.69, 9.17) is 10.5 Å². The third-order valence-corrected chi connectivity index (χ3v) is 3.26. The number of hydrogen-bond donors (Lipinski definition) is 1. The summed E-state index contributed by atoms with van der Waals surface area (Å²) in [5.41, 5.74) is 6.02. The van der Waals surface area contributed by atoms with Gasteiger partial charge < -0.3 is 10.5 Å². The Balaban J connectivity index is 2.11. The van der Waals surface area contributed by atoms with Crippen LogP contribution in [0.2, 0.25) is 0 Å². The lowest BCUT2D eigenvalue weighted by atomic mass is 10.3. The summed E-state index contributed by atoms with van der Waals surface area (Å²) in [4.78, 5) is 19.6. The van der Waals surface area contributed by atoms with E-state index in [-0.39, 0.29) is 11.4 Å². The van der Waals surface area contributed by atoms with Crippen molar-refractivity contribution >= 4 is 32.9 Å². The predicted molar refractivity (Wildman–Crippen MR) is 79.0 cm³/mol. The number of aryl methyl sites for hydroxylation is 1. The SMILES string of the molecule is Cn1nc(Oc2cc(Br)cnc2C(N)=O)c2cccnc21. The smallest absolute Gasteiger partial charge is 0.271 e. The fourth-order valence-electron chi connectivity index (χ4n) is 1.92. The molecule has 21 heavy (non-hydrogen) atoms. The topological polar surface area (TPSA) is 95.9 Å². The average Bonchev–Trinajstić information content (AvgIpc) is 2.76. The van der Waals surface area contributed by atoms with Gasteiger partial charge in [-0.3, -0.25) is 4.79 Å². The van der Waals surface area contributed by atoms with Crippen molar-refractivity contribution in [2.24, 2.45) is 12.8 Å². The van der Waals surface area contributed by atoms with Gasteiger partial charge in [0.25, 0.3) is 5.91 Å². The maximum atomic E-state index is 11.4. The molecule has 0 aliphatic rings. The van der Waals surface area contributed by atoms with Crippen molar-refractivity contribution in [2.75, 3.05) is 0 Å². The van der Waals surface area contributed by atoms with Crippen LogP contribution in [0.4, 0.5) is 0 Å². The zero-order chi connectivity index (χ0) is 15.0. The molecular formula is C13H10BrN5O2. The first-order chi connectivity index (χ1) is 10.1. The van der Waals surface area contributed by atoms with Crippen LogP contribution in [0.5, 0.6) is 11.6 Å². The summed E-state index contributed by atoms with van der Waals surface area (Å²) in [6.45, 7) is 0. The van der Waals surface area contributed by atoms with Crippen LogP contribution in [0.25, 0.3) is 11.0 Å². The van der Waals surface area contributed by atoms with Crippen molar-refractivity contribution in [3.63, 3.8) is 0 Å². The van der Waals surface area contributed by atoms with E-state index in [0.29, 0.717) is 16.0 Å². The molecule has 0 fully saturated rings. The summed E-state index contributed by atoms with van der Waals surface area (Å²) < 4.78 is 7.99. The molecule has 0 atom stereocenters. The van der Waals surface area contributed by atoms with Crippen LogP contribution in [-0.2, 0) is 7.05 Å². The Morgan fingerprint density at radius 3 is 3.00 bits per heavy atom. The molecule has 2 N–H and O–H groups in total. The second-order valence-corrected chi connectivity index (χ2v) is 5.19. The van der Waals surface area contributed by atoms with Crippen molar-refractivity contribution in [3.8, 4) is 11.6 Å². The molecule has 0 spiro atoms. The van der Waals surface area contributed by atoms with E-state index in [9.17, 15) is 4.79 Å². The number of rotatable bonds is 3. The Morgan fingerprint density at radius 1 is 1.43 bits per heavy atom. The third-order valence-electron chi connectivity index (χ3n) is 2.82. The number of ether oxygens (including phenoxy) is 1. The number of fused-ring (bicyclic) bond motifs is 1. The highest BCUT2D eigenvalue weighted by Gasteiger charge is 2.17. The van der Waals surface area contributed by atoms with Gasteiger partial charge in [0, 0.05) is 23.9 Å². The Labute approximate surface area is 127 Å². The normalized spacial score (nSPS) is 10.8. The summed E-state index contributed by atoms with van der Waals surface area (Å²) in [5, 5.41) is 4.98. The average molecular weight is 348 g/mol. The molecule has 1 amide bonds. The summed E-state index contributed by atoms with van der Waals surface area (Å²) in [5.74, 6) is -0.0976. The number of halogens is 1. The van der Waals surface area contributed by atoms with Crippen LogP contribution in [-0.4, -0.2) is 25.7 Å². The molecular weight excluding hydrogens is 338 g/mol. The molecule has 0 saturated carbocycles. The van der Waals surface area contributed by atoms with Crippen LogP contribution in [0, 0.1) is 0 Å². The highest BCUT2D eigenvalue weighted by atomic mass is 79.9. The lowest BCUT2D eigenvalue weighted by Gasteiger charge is -2.06. The molecule has 0 aliphatic carbocycles. The predicted octanol–water partition coefficient (Wildman–Crippen LogP) is 2.02. The molecule has 0 radical (unpaired) electrons. The lowest BCUT2D eigenvalue weighted by molar-refractivity contribution is 0.0993. The fourth-order valence-corrected chi connectivity index (χ4v) is 2.23. The highest BCUT2D eigenvalue weighted by molar-refractivity contribution is 9.10. The minimum Gasteiger partial charge on any atom is -0.434 e. The first-order valence-corrected chi connectivity index (χ1v) is 6.76. The highest BCUT2D eigenvalue weighted by Crippen LogP contribution is 2.30. The largest absolute Gasteiger partial charge is 0.434 e. The van der Waals surface area contributed by atoms with E-state index >= 15 is 0 Å². The van der Waals surface area contributed by atoms with Crippen molar-refractivity contribution in [1.82, 2.24) is 19.7 Å². The van der Waals surface area contributed by atoms with Crippen molar-refractivity contribution in [3.05, 3.63) is 40.8 Å². The van der Waals surface area contributed by atoms with Crippen LogP contribution in [0.3, 0.4) is 0 Å². The van der Waals surface area contributed by atoms with Gasteiger partial charge in [0.1, 0.15) is 0 Å². The van der Waals surface area contributed by atoms with E-state index in [2.05, 4.69) is 31.0 Å². The summed E-state index contributed by atoms with van der Waals surface area (Å²) >= 11 is 3.28. The summed E-state index contributed by atoms with van der Waals surface area (Å²) in [7, 11) is 1.76. The number of aromatic nitrogens is 4. The molecule has 3 rings (SSSR count). The molecule has 0 saturated heterocycles. The maximum absolute atomic E-state index is 11.4. The molecule has 3 aromatic rings. The summed E-state index contributed by atoms with van der Waals surface area (Å²) in [6.07, 6.45) is 3.15. The molecule has 3 aromatic heterocycles. The van der Waals surface area contributed by atoms with Crippen LogP contribution in [0.1, 0.15) is 10.5 Å². The minimum atomic E-state index is -0.670. The number of nitrogens with two attached hydrogens (primary N) is 1. The number of amides is 1. The molecule has 0 aromatic carbocycles. The van der Waals surface area contributed by atoms with Gasteiger partial charge in [-0.2, -0.15) is 0 Å². The lowest BCUT2D eigenvalue weighted by Crippen LogP contribution is -2.14. The number of carbonyl (C=O) groups is 1. The molecule has 7 nitrogen and oxygen atoms in total. The second kappa shape index (κ2) is 5.13. The Kier molecular flexibility index (Phi) is 3.30. The van der Waals surface area contributed by atoms with Gasteiger partial charge in [0.2, 0.25) is 5.88 Å². The van der Waals surface area contributed by atoms with E-state index < -0.39 is 5.91 Å². The zero-order valence-electron chi connectivity index (χ0n) is 10.9. The van der Waals surface area contributed by atoms with Crippen LogP contribution < -0.4 is 10.5 Å². The van der Waals surface area contributed by atoms with Crippen molar-refractivity contribution in [2.45, 2.75) is 0 Å². The first-order valence-electron chi connectivity index (χ1n) is 5.97. The number of carbonyl (C=O) groups excluding carboxylic acids is 1. The minimum absolute atomic E-state index is 0.0425.